The van der Waals surface area contributed by atoms with Gasteiger partial charge >= 0.3 is 0 Å². The third-order valence-corrected chi connectivity index (χ3v) is 4.45. The molecule has 0 amide bonds. The molecule has 0 aliphatic heterocycles. The number of nitriles is 1. The number of Topliss-reactive ketones (excluding diaryl/α,β-unsaturated/α-hetero) is 1. The second-order valence-electron chi connectivity index (χ2n) is 6.22. The molecule has 0 radical (unpaired) electrons. The Hall–Kier alpha value is -3.65. The standard InChI is InChI=1S/C21H16N4O/c1-13-11-20(23-16-9-7-15(8-10-16)14(2)26)25-19-6-4-3-5-18(19)24-21(25)17(13)12-22/h3-11,23H,1-2H3. The van der Waals surface area contributed by atoms with Crippen molar-refractivity contribution in [2.24, 2.45) is 0 Å². The van der Waals surface area contributed by atoms with E-state index < -0.39 is 0 Å². The number of nitrogens with zero attached hydrogens (tertiary/aromatic N) is 3. The number of pyridine rings is 1. The first kappa shape index (κ1) is 15.9. The Labute approximate surface area is 150 Å². The molecule has 5 heteroatoms. The number of benzene rings is 2. The van der Waals surface area contributed by atoms with Gasteiger partial charge in [0.15, 0.2) is 11.4 Å². The van der Waals surface area contributed by atoms with Gasteiger partial charge in [0, 0.05) is 11.3 Å². The molecule has 2 aromatic heterocycles. The summed E-state index contributed by atoms with van der Waals surface area (Å²) in [5.74, 6) is 0.856. The molecule has 26 heavy (non-hydrogen) atoms. The van der Waals surface area contributed by atoms with Crippen LogP contribution in [0.15, 0.2) is 54.6 Å². The highest BCUT2D eigenvalue weighted by molar-refractivity contribution is 5.94. The van der Waals surface area contributed by atoms with Gasteiger partial charge in [0.2, 0.25) is 0 Å². The zero-order valence-corrected chi connectivity index (χ0v) is 14.4. The van der Waals surface area contributed by atoms with Crippen molar-refractivity contribution >= 4 is 34.0 Å². The largest absolute Gasteiger partial charge is 0.341 e. The van der Waals surface area contributed by atoms with E-state index in [0.717, 1.165) is 28.1 Å². The van der Waals surface area contributed by atoms with Crippen molar-refractivity contribution in [1.29, 1.82) is 5.26 Å². The zero-order chi connectivity index (χ0) is 18.3. The Kier molecular flexibility index (Phi) is 3.67. The second kappa shape index (κ2) is 6.01. The molecule has 0 saturated carbocycles. The number of hydrogen-bond acceptors (Lipinski definition) is 4. The molecule has 4 aromatic rings. The van der Waals surface area contributed by atoms with E-state index >= 15 is 0 Å². The van der Waals surface area contributed by atoms with Crippen molar-refractivity contribution in [3.63, 3.8) is 0 Å². The molecule has 126 valence electrons. The summed E-state index contributed by atoms with van der Waals surface area (Å²) in [4.78, 5) is 16.1. The molecule has 0 spiro atoms. The predicted octanol–water partition coefficient (Wildman–Crippen LogP) is 4.61. The van der Waals surface area contributed by atoms with Gasteiger partial charge in [-0.25, -0.2) is 4.98 Å². The molecular weight excluding hydrogens is 324 g/mol. The second-order valence-corrected chi connectivity index (χ2v) is 6.22. The van der Waals surface area contributed by atoms with Gasteiger partial charge in [-0.05, 0) is 61.9 Å². The van der Waals surface area contributed by atoms with Gasteiger partial charge in [0.25, 0.3) is 0 Å². The number of nitrogens with one attached hydrogen (secondary N) is 1. The number of imidazole rings is 1. The third-order valence-electron chi connectivity index (χ3n) is 4.45. The molecule has 0 saturated heterocycles. The summed E-state index contributed by atoms with van der Waals surface area (Å²) in [5.41, 5.74) is 5.36. The van der Waals surface area contributed by atoms with E-state index in [4.69, 9.17) is 0 Å². The van der Waals surface area contributed by atoms with Crippen LogP contribution in [-0.4, -0.2) is 15.2 Å². The maximum Gasteiger partial charge on any atom is 0.159 e. The topological polar surface area (TPSA) is 70.2 Å². The van der Waals surface area contributed by atoms with Crippen LogP contribution in [0.25, 0.3) is 16.7 Å². The Morgan fingerprint density at radius 3 is 2.58 bits per heavy atom. The van der Waals surface area contributed by atoms with E-state index in [1.54, 1.807) is 19.1 Å². The molecule has 4 rings (SSSR count). The number of aryl methyl sites for hydroxylation is 1. The number of anilines is 2. The van der Waals surface area contributed by atoms with E-state index in [9.17, 15) is 10.1 Å². The molecule has 1 N–H and O–H groups in total. The summed E-state index contributed by atoms with van der Waals surface area (Å²) < 4.78 is 1.96. The average molecular weight is 340 g/mol. The quantitative estimate of drug-likeness (QED) is 0.553. The molecule has 0 aliphatic rings. The number of rotatable bonds is 3. The smallest absolute Gasteiger partial charge is 0.159 e. The Balaban J connectivity index is 1.92. The van der Waals surface area contributed by atoms with Crippen LogP contribution in [-0.2, 0) is 0 Å². The van der Waals surface area contributed by atoms with Crippen LogP contribution in [0.1, 0.15) is 28.4 Å². The van der Waals surface area contributed by atoms with Crippen LogP contribution in [0.3, 0.4) is 0 Å². The SMILES string of the molecule is CC(=O)c1ccc(Nc2cc(C)c(C#N)c3nc4ccccc4n23)cc1. The van der Waals surface area contributed by atoms with Crippen LogP contribution >= 0.6 is 0 Å². The number of hydrogen-bond donors (Lipinski definition) is 1. The van der Waals surface area contributed by atoms with Crippen LogP contribution in [0.2, 0.25) is 0 Å². The maximum absolute atomic E-state index is 11.5. The summed E-state index contributed by atoms with van der Waals surface area (Å²) in [5, 5.41) is 12.9. The van der Waals surface area contributed by atoms with Gasteiger partial charge in [-0.3, -0.25) is 9.20 Å². The summed E-state index contributed by atoms with van der Waals surface area (Å²) >= 11 is 0. The first-order valence-corrected chi connectivity index (χ1v) is 8.27. The van der Waals surface area contributed by atoms with Crippen molar-refractivity contribution in [3.8, 4) is 6.07 Å². The summed E-state index contributed by atoms with van der Waals surface area (Å²) in [6.07, 6.45) is 0. The van der Waals surface area contributed by atoms with E-state index in [1.165, 1.54) is 0 Å². The van der Waals surface area contributed by atoms with E-state index in [2.05, 4.69) is 16.4 Å². The first-order chi connectivity index (χ1) is 12.6. The number of ketones is 1. The van der Waals surface area contributed by atoms with E-state index in [-0.39, 0.29) is 5.78 Å². The third kappa shape index (κ3) is 2.49. The highest BCUT2D eigenvalue weighted by atomic mass is 16.1. The normalized spacial score (nSPS) is 10.8. The summed E-state index contributed by atoms with van der Waals surface area (Å²) in [7, 11) is 0. The highest BCUT2D eigenvalue weighted by Gasteiger charge is 2.15. The number of para-hydroxylation sites is 2. The van der Waals surface area contributed by atoms with Crippen molar-refractivity contribution in [1.82, 2.24) is 9.38 Å². The van der Waals surface area contributed by atoms with Crippen LogP contribution in [0.4, 0.5) is 11.5 Å². The molecule has 0 aliphatic carbocycles. The summed E-state index contributed by atoms with van der Waals surface area (Å²) in [6, 6.07) is 19.3. The van der Waals surface area contributed by atoms with Gasteiger partial charge in [-0.15, -0.1) is 0 Å². The van der Waals surface area contributed by atoms with Crippen LogP contribution in [0.5, 0.6) is 0 Å². The number of aromatic nitrogens is 2. The lowest BCUT2D eigenvalue weighted by Gasteiger charge is -2.12. The Bertz CT molecular complexity index is 1200. The van der Waals surface area contributed by atoms with Crippen molar-refractivity contribution in [2.75, 3.05) is 5.32 Å². The Morgan fingerprint density at radius 1 is 1.15 bits per heavy atom. The lowest BCUT2D eigenvalue weighted by molar-refractivity contribution is 0.101. The monoisotopic (exact) mass is 340 g/mol. The van der Waals surface area contributed by atoms with Crippen LogP contribution in [0, 0.1) is 18.3 Å². The highest BCUT2D eigenvalue weighted by Crippen LogP contribution is 2.28. The van der Waals surface area contributed by atoms with Crippen molar-refractivity contribution in [3.05, 3.63) is 71.3 Å². The molecule has 2 aromatic carbocycles. The lowest BCUT2D eigenvalue weighted by Crippen LogP contribution is -2.02. The molecular formula is C21H16N4O. The minimum atomic E-state index is 0.0359. The molecule has 0 unspecified atom stereocenters. The fourth-order valence-electron chi connectivity index (χ4n) is 3.12. The van der Waals surface area contributed by atoms with Gasteiger partial charge in [0.1, 0.15) is 11.9 Å². The molecule has 0 bridgehead atoms. The average Bonchev–Trinajstić information content (AvgIpc) is 3.01. The number of fused-ring (bicyclic) bond motifs is 3. The lowest BCUT2D eigenvalue weighted by atomic mass is 10.1. The van der Waals surface area contributed by atoms with Crippen molar-refractivity contribution < 1.29 is 4.79 Å². The molecule has 5 nitrogen and oxygen atoms in total. The fraction of sp³-hybridized carbons (Fsp3) is 0.0952. The van der Waals surface area contributed by atoms with Gasteiger partial charge < -0.3 is 5.32 Å². The number of carbonyl (C=O) groups is 1. The molecule has 0 fully saturated rings. The maximum atomic E-state index is 11.5. The van der Waals surface area contributed by atoms with Gasteiger partial charge in [-0.1, -0.05) is 12.1 Å². The zero-order valence-electron chi connectivity index (χ0n) is 14.4. The molecule has 0 atom stereocenters. The van der Waals surface area contributed by atoms with Crippen molar-refractivity contribution in [2.45, 2.75) is 13.8 Å². The summed E-state index contributed by atoms with van der Waals surface area (Å²) in [6.45, 7) is 3.45. The number of carbonyl (C=O) groups excluding carboxylic acids is 1. The van der Waals surface area contributed by atoms with Crippen LogP contribution < -0.4 is 5.32 Å². The van der Waals surface area contributed by atoms with E-state index in [1.807, 2.05) is 53.8 Å². The fourth-order valence-corrected chi connectivity index (χ4v) is 3.12. The van der Waals surface area contributed by atoms with Gasteiger partial charge in [-0.2, -0.15) is 5.26 Å². The Morgan fingerprint density at radius 2 is 1.88 bits per heavy atom. The molecule has 2 heterocycles. The minimum Gasteiger partial charge on any atom is -0.341 e. The predicted molar refractivity (Wildman–Crippen MR) is 102 cm³/mol. The minimum absolute atomic E-state index is 0.0359. The first-order valence-electron chi connectivity index (χ1n) is 8.27. The van der Waals surface area contributed by atoms with Gasteiger partial charge in [0.05, 0.1) is 16.6 Å². The van der Waals surface area contributed by atoms with E-state index in [0.29, 0.717) is 16.8 Å².